The van der Waals surface area contributed by atoms with Gasteiger partial charge in [-0.2, -0.15) is 0 Å². The van der Waals surface area contributed by atoms with E-state index in [1.165, 1.54) is 0 Å². The molecule has 0 aromatic heterocycles. The van der Waals surface area contributed by atoms with Crippen LogP contribution in [-0.4, -0.2) is 13.1 Å². The highest BCUT2D eigenvalue weighted by Crippen LogP contribution is 2.09. The summed E-state index contributed by atoms with van der Waals surface area (Å²) in [6.45, 7) is 5.86. The van der Waals surface area contributed by atoms with Crippen LogP contribution in [0.2, 0.25) is 13.1 Å². The second-order valence-corrected chi connectivity index (χ2v) is 7.73. The summed E-state index contributed by atoms with van der Waals surface area (Å²) in [6.07, 6.45) is 0. The Kier molecular flexibility index (Phi) is 2.66. The fourth-order valence-corrected chi connectivity index (χ4v) is 3.15. The van der Waals surface area contributed by atoms with Gasteiger partial charge in [-0.15, -0.1) is 12.6 Å². The SMILES string of the molecule is Cc1ccc(S)cc1[Si](C)(C)O. The van der Waals surface area contributed by atoms with Crippen LogP contribution in [0.1, 0.15) is 5.56 Å². The number of thiol groups is 1. The van der Waals surface area contributed by atoms with Crippen LogP contribution in [0.25, 0.3) is 0 Å². The Bertz CT molecular complexity index is 291. The summed E-state index contributed by atoms with van der Waals surface area (Å²) >= 11 is 4.24. The van der Waals surface area contributed by atoms with Gasteiger partial charge < -0.3 is 4.80 Å². The maximum absolute atomic E-state index is 9.90. The minimum Gasteiger partial charge on any atom is -0.428 e. The first kappa shape index (κ1) is 9.83. The average Bonchev–Trinajstić information content (AvgIpc) is 1.92. The lowest BCUT2D eigenvalue weighted by Gasteiger charge is -2.17. The van der Waals surface area contributed by atoms with Crippen LogP contribution in [0.15, 0.2) is 23.1 Å². The lowest BCUT2D eigenvalue weighted by Crippen LogP contribution is -2.43. The van der Waals surface area contributed by atoms with E-state index in [4.69, 9.17) is 0 Å². The molecular weight excluding hydrogens is 184 g/mol. The van der Waals surface area contributed by atoms with Crippen LogP contribution < -0.4 is 5.19 Å². The van der Waals surface area contributed by atoms with Gasteiger partial charge in [0.2, 0.25) is 8.32 Å². The number of hydrogen-bond donors (Lipinski definition) is 2. The molecule has 0 fully saturated rings. The Morgan fingerprint density at radius 1 is 1.33 bits per heavy atom. The first-order valence-electron chi connectivity index (χ1n) is 3.94. The first-order chi connectivity index (χ1) is 5.41. The highest BCUT2D eigenvalue weighted by atomic mass is 32.1. The average molecular weight is 198 g/mol. The highest BCUT2D eigenvalue weighted by molar-refractivity contribution is 7.80. The van der Waals surface area contributed by atoms with Crippen molar-refractivity contribution in [3.05, 3.63) is 23.8 Å². The van der Waals surface area contributed by atoms with Crippen LogP contribution >= 0.6 is 12.6 Å². The zero-order valence-corrected chi connectivity index (χ0v) is 9.52. The van der Waals surface area contributed by atoms with Crippen molar-refractivity contribution in [2.45, 2.75) is 24.9 Å². The molecule has 0 heterocycles. The molecule has 0 saturated heterocycles. The zero-order valence-electron chi connectivity index (χ0n) is 7.63. The van der Waals surface area contributed by atoms with E-state index >= 15 is 0 Å². The molecule has 66 valence electrons. The summed E-state index contributed by atoms with van der Waals surface area (Å²) in [5, 5.41) is 1.08. The minimum absolute atomic E-state index is 0.922. The zero-order chi connectivity index (χ0) is 9.35. The lowest BCUT2D eigenvalue weighted by atomic mass is 10.2. The van der Waals surface area contributed by atoms with Gasteiger partial charge in [0, 0.05) is 4.90 Å². The molecule has 0 bridgehead atoms. The third-order valence-corrected chi connectivity index (χ3v) is 4.02. The van der Waals surface area contributed by atoms with E-state index in [2.05, 4.69) is 12.6 Å². The van der Waals surface area contributed by atoms with Gasteiger partial charge in [0.15, 0.2) is 0 Å². The Morgan fingerprint density at radius 3 is 2.33 bits per heavy atom. The number of rotatable bonds is 1. The van der Waals surface area contributed by atoms with E-state index in [0.29, 0.717) is 0 Å². The van der Waals surface area contributed by atoms with E-state index in [1.54, 1.807) is 0 Å². The molecule has 0 spiro atoms. The maximum Gasteiger partial charge on any atom is 0.214 e. The Balaban J connectivity index is 3.23. The maximum atomic E-state index is 9.90. The monoisotopic (exact) mass is 198 g/mol. The first-order valence-corrected chi connectivity index (χ1v) is 7.33. The molecule has 1 nitrogen and oxygen atoms in total. The highest BCUT2D eigenvalue weighted by Gasteiger charge is 2.21. The van der Waals surface area contributed by atoms with E-state index in [-0.39, 0.29) is 0 Å². The summed E-state index contributed by atoms with van der Waals surface area (Å²) in [5.41, 5.74) is 1.16. The van der Waals surface area contributed by atoms with Crippen molar-refractivity contribution in [3.63, 3.8) is 0 Å². The van der Waals surface area contributed by atoms with Gasteiger partial charge in [-0.05, 0) is 42.9 Å². The van der Waals surface area contributed by atoms with Crippen molar-refractivity contribution in [1.29, 1.82) is 0 Å². The van der Waals surface area contributed by atoms with E-state index in [9.17, 15) is 4.80 Å². The Hall–Kier alpha value is -0.253. The second-order valence-electron chi connectivity index (χ2n) is 3.56. The molecule has 12 heavy (non-hydrogen) atoms. The normalized spacial score (nSPS) is 11.8. The topological polar surface area (TPSA) is 20.2 Å². The van der Waals surface area contributed by atoms with Crippen molar-refractivity contribution in [1.82, 2.24) is 0 Å². The molecule has 1 aromatic carbocycles. The second kappa shape index (κ2) is 3.24. The number of hydrogen-bond acceptors (Lipinski definition) is 2. The molecule has 0 saturated carbocycles. The van der Waals surface area contributed by atoms with Crippen molar-refractivity contribution in [3.8, 4) is 0 Å². The fourth-order valence-electron chi connectivity index (χ4n) is 1.27. The molecule has 1 N–H and O–H groups in total. The summed E-state index contributed by atoms with van der Waals surface area (Å²) in [4.78, 5) is 10.8. The molecule has 0 amide bonds. The van der Waals surface area contributed by atoms with Crippen LogP contribution in [0.4, 0.5) is 0 Å². The minimum atomic E-state index is -2.16. The number of aryl methyl sites for hydroxylation is 1. The van der Waals surface area contributed by atoms with Gasteiger partial charge in [0.05, 0.1) is 0 Å². The van der Waals surface area contributed by atoms with Gasteiger partial charge in [-0.1, -0.05) is 6.07 Å². The van der Waals surface area contributed by atoms with Crippen molar-refractivity contribution < 1.29 is 4.80 Å². The molecule has 0 aliphatic heterocycles. The van der Waals surface area contributed by atoms with Crippen LogP contribution in [0, 0.1) is 6.92 Å². The van der Waals surface area contributed by atoms with Gasteiger partial charge in [0.1, 0.15) is 0 Å². The van der Waals surface area contributed by atoms with Crippen molar-refractivity contribution in [2.24, 2.45) is 0 Å². The smallest absolute Gasteiger partial charge is 0.214 e. The van der Waals surface area contributed by atoms with Crippen molar-refractivity contribution in [2.75, 3.05) is 0 Å². The van der Waals surface area contributed by atoms with Crippen LogP contribution in [0.5, 0.6) is 0 Å². The molecule has 0 radical (unpaired) electrons. The molecular formula is C9H14OSSi. The molecule has 1 rings (SSSR count). The van der Waals surface area contributed by atoms with Crippen LogP contribution in [-0.2, 0) is 0 Å². The molecule has 0 aliphatic carbocycles. The third kappa shape index (κ3) is 2.12. The van der Waals surface area contributed by atoms with Gasteiger partial charge in [0.25, 0.3) is 0 Å². The van der Waals surface area contributed by atoms with Crippen LogP contribution in [0.3, 0.4) is 0 Å². The molecule has 0 aliphatic rings. The molecule has 1 aromatic rings. The van der Waals surface area contributed by atoms with E-state index < -0.39 is 8.32 Å². The quantitative estimate of drug-likeness (QED) is 0.520. The molecule has 3 heteroatoms. The Labute approximate surface area is 80.0 Å². The third-order valence-electron chi connectivity index (χ3n) is 1.88. The van der Waals surface area contributed by atoms with Crippen molar-refractivity contribution >= 4 is 26.1 Å². The van der Waals surface area contributed by atoms with Gasteiger partial charge >= 0.3 is 0 Å². The molecule has 0 atom stereocenters. The largest absolute Gasteiger partial charge is 0.428 e. The lowest BCUT2D eigenvalue weighted by molar-refractivity contribution is 0.568. The summed E-state index contributed by atoms with van der Waals surface area (Å²) < 4.78 is 0. The predicted octanol–water partition coefficient (Wildman–Crippen LogP) is 1.69. The van der Waals surface area contributed by atoms with E-state index in [0.717, 1.165) is 15.6 Å². The molecule has 0 unspecified atom stereocenters. The standard InChI is InChI=1S/C9H14OSSi/c1-7-4-5-8(11)6-9(7)12(2,3)10/h4-6,10-11H,1-3H3. The van der Waals surface area contributed by atoms with Gasteiger partial charge in [-0.25, -0.2) is 0 Å². The summed E-state index contributed by atoms with van der Waals surface area (Å²) in [7, 11) is -2.16. The Morgan fingerprint density at radius 2 is 1.92 bits per heavy atom. The fraction of sp³-hybridized carbons (Fsp3) is 0.333. The summed E-state index contributed by atoms with van der Waals surface area (Å²) in [5.74, 6) is 0. The van der Waals surface area contributed by atoms with E-state index in [1.807, 2.05) is 38.2 Å². The number of benzene rings is 1. The predicted molar refractivity (Wildman–Crippen MR) is 57.8 cm³/mol. The van der Waals surface area contributed by atoms with Gasteiger partial charge in [-0.3, -0.25) is 0 Å². The summed E-state index contributed by atoms with van der Waals surface area (Å²) in [6, 6.07) is 5.91.